The van der Waals surface area contributed by atoms with Crippen LogP contribution in [-0.4, -0.2) is 19.9 Å². The second kappa shape index (κ2) is 12.3. The number of rotatable bonds is 4. The van der Waals surface area contributed by atoms with Crippen molar-refractivity contribution in [1.82, 2.24) is 5.32 Å². The van der Waals surface area contributed by atoms with Crippen molar-refractivity contribution in [2.75, 3.05) is 13.6 Å². The quantitative estimate of drug-likeness (QED) is 0.634. The molecule has 0 aliphatic heterocycles. The van der Waals surface area contributed by atoms with Crippen LogP contribution in [0.4, 0.5) is 0 Å². The van der Waals surface area contributed by atoms with Crippen LogP contribution in [0, 0.1) is 5.92 Å². The number of hydrogen-bond acceptors (Lipinski definition) is 2. The molecule has 0 spiro atoms. The maximum atomic E-state index is 9.89. The highest BCUT2D eigenvalue weighted by molar-refractivity contribution is 5.52. The molecule has 68 valence electrons. The molecule has 0 aromatic rings. The van der Waals surface area contributed by atoms with Gasteiger partial charge in [-0.1, -0.05) is 27.2 Å². The van der Waals surface area contributed by atoms with Gasteiger partial charge in [-0.3, -0.25) is 0 Å². The second-order valence-electron chi connectivity index (χ2n) is 2.61. The van der Waals surface area contributed by atoms with Crippen molar-refractivity contribution in [2.45, 2.75) is 33.6 Å². The fraction of sp³-hybridized carbons (Fsp3) is 0.889. The third-order valence-corrected chi connectivity index (χ3v) is 1.33. The van der Waals surface area contributed by atoms with E-state index in [1.807, 2.05) is 14.0 Å². The average molecular weight is 159 g/mol. The molecule has 0 aliphatic rings. The topological polar surface area (TPSA) is 29.1 Å². The van der Waals surface area contributed by atoms with Gasteiger partial charge >= 0.3 is 0 Å². The van der Waals surface area contributed by atoms with Gasteiger partial charge in [-0.25, -0.2) is 0 Å². The highest BCUT2D eigenvalue weighted by Gasteiger charge is 1.93. The van der Waals surface area contributed by atoms with Crippen molar-refractivity contribution in [2.24, 2.45) is 5.92 Å². The summed E-state index contributed by atoms with van der Waals surface area (Å²) < 4.78 is 0. The molecule has 0 saturated carbocycles. The molecule has 1 unspecified atom stereocenters. The number of carbonyl (C=O) groups is 1. The van der Waals surface area contributed by atoms with Gasteiger partial charge in [0.05, 0.1) is 0 Å². The lowest BCUT2D eigenvalue weighted by Crippen LogP contribution is -2.01. The van der Waals surface area contributed by atoms with Gasteiger partial charge in [0, 0.05) is 5.92 Å². The summed E-state index contributed by atoms with van der Waals surface area (Å²) in [6.07, 6.45) is 3.15. The summed E-state index contributed by atoms with van der Waals surface area (Å²) in [6, 6.07) is 0. The van der Waals surface area contributed by atoms with E-state index in [0.717, 1.165) is 25.7 Å². The third-order valence-electron chi connectivity index (χ3n) is 1.33. The summed E-state index contributed by atoms with van der Waals surface area (Å²) in [7, 11) is 1.93. The lowest BCUT2D eigenvalue weighted by Gasteiger charge is -1.94. The van der Waals surface area contributed by atoms with Crippen LogP contribution in [0.3, 0.4) is 0 Å². The van der Waals surface area contributed by atoms with Gasteiger partial charge in [0.1, 0.15) is 6.29 Å². The molecule has 0 aromatic carbocycles. The molecular weight excluding hydrogens is 138 g/mol. The van der Waals surface area contributed by atoms with E-state index in [9.17, 15) is 4.79 Å². The molecule has 2 nitrogen and oxygen atoms in total. The maximum Gasteiger partial charge on any atom is 0.122 e. The minimum Gasteiger partial charge on any atom is -0.320 e. The van der Waals surface area contributed by atoms with Crippen LogP contribution in [0.5, 0.6) is 0 Å². The van der Waals surface area contributed by atoms with Crippen LogP contribution in [-0.2, 0) is 4.79 Å². The van der Waals surface area contributed by atoms with Crippen molar-refractivity contribution in [3.05, 3.63) is 0 Å². The van der Waals surface area contributed by atoms with Gasteiger partial charge in [0.15, 0.2) is 0 Å². The second-order valence-corrected chi connectivity index (χ2v) is 2.61. The predicted molar refractivity (Wildman–Crippen MR) is 49.7 cm³/mol. The number of carbonyl (C=O) groups excluding carboxylic acids is 1. The van der Waals surface area contributed by atoms with Crippen LogP contribution < -0.4 is 5.32 Å². The first kappa shape index (κ1) is 13.2. The SMILES string of the molecule is CCCC(C)C=O.CCNC. The molecule has 1 N–H and O–H groups in total. The van der Waals surface area contributed by atoms with Crippen molar-refractivity contribution in [3.63, 3.8) is 0 Å². The first-order chi connectivity index (χ1) is 5.22. The van der Waals surface area contributed by atoms with Gasteiger partial charge in [0.2, 0.25) is 0 Å². The largest absolute Gasteiger partial charge is 0.320 e. The first-order valence-corrected chi connectivity index (χ1v) is 4.32. The van der Waals surface area contributed by atoms with E-state index in [1.54, 1.807) is 0 Å². The molecule has 0 radical (unpaired) electrons. The van der Waals surface area contributed by atoms with E-state index < -0.39 is 0 Å². The zero-order valence-corrected chi connectivity index (χ0v) is 8.18. The van der Waals surface area contributed by atoms with Crippen LogP contribution >= 0.6 is 0 Å². The minimum atomic E-state index is 0.269. The monoisotopic (exact) mass is 159 g/mol. The Morgan fingerprint density at radius 1 is 1.45 bits per heavy atom. The summed E-state index contributed by atoms with van der Waals surface area (Å²) in [6.45, 7) is 7.16. The summed E-state index contributed by atoms with van der Waals surface area (Å²) in [5.41, 5.74) is 0. The Labute approximate surface area is 70.4 Å². The Balaban J connectivity index is 0. The number of hydrogen-bond donors (Lipinski definition) is 1. The molecule has 0 aromatic heterocycles. The maximum absolute atomic E-state index is 9.89. The summed E-state index contributed by atoms with van der Waals surface area (Å²) in [4.78, 5) is 9.89. The molecule has 2 heteroatoms. The molecule has 0 heterocycles. The molecule has 0 bridgehead atoms. The van der Waals surface area contributed by atoms with E-state index in [0.29, 0.717) is 0 Å². The smallest absolute Gasteiger partial charge is 0.122 e. The highest BCUT2D eigenvalue weighted by Crippen LogP contribution is 1.98. The number of nitrogens with one attached hydrogen (secondary N) is 1. The van der Waals surface area contributed by atoms with Crippen molar-refractivity contribution in [3.8, 4) is 0 Å². The van der Waals surface area contributed by atoms with Crippen molar-refractivity contribution >= 4 is 6.29 Å². The van der Waals surface area contributed by atoms with Gasteiger partial charge in [-0.2, -0.15) is 0 Å². The minimum absolute atomic E-state index is 0.269. The Morgan fingerprint density at radius 3 is 2.00 bits per heavy atom. The lowest BCUT2D eigenvalue weighted by molar-refractivity contribution is -0.110. The fourth-order valence-electron chi connectivity index (χ4n) is 0.523. The predicted octanol–water partition coefficient (Wildman–Crippen LogP) is 1.85. The van der Waals surface area contributed by atoms with E-state index in [4.69, 9.17) is 0 Å². The molecule has 0 amide bonds. The lowest BCUT2D eigenvalue weighted by atomic mass is 10.1. The van der Waals surface area contributed by atoms with Crippen LogP contribution in [0.2, 0.25) is 0 Å². The van der Waals surface area contributed by atoms with E-state index in [-0.39, 0.29) is 5.92 Å². The van der Waals surface area contributed by atoms with Crippen LogP contribution in [0.1, 0.15) is 33.6 Å². The van der Waals surface area contributed by atoms with Gasteiger partial charge in [-0.05, 0) is 20.0 Å². The van der Waals surface area contributed by atoms with Crippen LogP contribution in [0.15, 0.2) is 0 Å². The highest BCUT2D eigenvalue weighted by atomic mass is 16.1. The summed E-state index contributed by atoms with van der Waals surface area (Å²) >= 11 is 0. The fourth-order valence-corrected chi connectivity index (χ4v) is 0.523. The Kier molecular flexibility index (Phi) is 14.8. The van der Waals surface area contributed by atoms with Gasteiger partial charge in [0.25, 0.3) is 0 Å². The van der Waals surface area contributed by atoms with Crippen molar-refractivity contribution < 1.29 is 4.79 Å². The zero-order chi connectivity index (χ0) is 9.11. The Morgan fingerprint density at radius 2 is 1.91 bits per heavy atom. The summed E-state index contributed by atoms with van der Waals surface area (Å²) in [5.74, 6) is 0.269. The molecular formula is C9H21NO. The molecule has 0 saturated heterocycles. The standard InChI is InChI=1S/C6H12O.C3H9N/c1-3-4-6(2)5-7;1-3-4-2/h5-6H,3-4H2,1-2H3;4H,3H2,1-2H3. The van der Waals surface area contributed by atoms with Gasteiger partial charge in [-0.15, -0.1) is 0 Å². The first-order valence-electron chi connectivity index (χ1n) is 4.32. The third kappa shape index (κ3) is 17.7. The molecule has 0 aliphatic carbocycles. The van der Waals surface area contributed by atoms with E-state index >= 15 is 0 Å². The van der Waals surface area contributed by atoms with Crippen molar-refractivity contribution in [1.29, 1.82) is 0 Å². The van der Waals surface area contributed by atoms with E-state index in [1.165, 1.54) is 0 Å². The van der Waals surface area contributed by atoms with Crippen LogP contribution in [0.25, 0.3) is 0 Å². The summed E-state index contributed by atoms with van der Waals surface area (Å²) in [5, 5.41) is 2.93. The number of aldehydes is 1. The average Bonchev–Trinajstić information content (AvgIpc) is 2.05. The Bertz CT molecular complexity index is 72.0. The van der Waals surface area contributed by atoms with Gasteiger partial charge < -0.3 is 10.1 Å². The molecule has 0 rings (SSSR count). The zero-order valence-electron chi connectivity index (χ0n) is 8.18. The normalized spacial score (nSPS) is 11.3. The van der Waals surface area contributed by atoms with E-state index in [2.05, 4.69) is 19.2 Å². The molecule has 1 atom stereocenters. The molecule has 11 heavy (non-hydrogen) atoms. The Hall–Kier alpha value is -0.370. The molecule has 0 fully saturated rings.